The second kappa shape index (κ2) is 10.5. The largest absolute Gasteiger partial charge is 0.457 e. The molecule has 0 bridgehead atoms. The lowest BCUT2D eigenvalue weighted by Gasteiger charge is -2.41. The van der Waals surface area contributed by atoms with E-state index in [1.54, 1.807) is 0 Å². The highest BCUT2D eigenvalue weighted by Crippen LogP contribution is 2.26. The zero-order chi connectivity index (χ0) is 20.6. The number of esters is 1. The van der Waals surface area contributed by atoms with E-state index in [1.165, 1.54) is 6.92 Å². The van der Waals surface area contributed by atoms with Crippen molar-refractivity contribution in [1.29, 1.82) is 0 Å². The highest BCUT2D eigenvalue weighted by Gasteiger charge is 2.47. The van der Waals surface area contributed by atoms with Gasteiger partial charge in [-0.15, -0.1) is 0 Å². The molecule has 29 heavy (non-hydrogen) atoms. The topological polar surface area (TPSA) is 94.5 Å². The van der Waals surface area contributed by atoms with Crippen LogP contribution < -0.4 is 0 Å². The minimum atomic E-state index is -1.38. The van der Waals surface area contributed by atoms with Crippen LogP contribution >= 0.6 is 0 Å². The molecule has 2 aromatic rings. The minimum absolute atomic E-state index is 0.0341. The minimum Gasteiger partial charge on any atom is -0.457 e. The molecule has 1 saturated heterocycles. The summed E-state index contributed by atoms with van der Waals surface area (Å²) in [6.07, 6.45) is -5.57. The van der Waals surface area contributed by atoms with Crippen molar-refractivity contribution in [3.63, 3.8) is 0 Å². The summed E-state index contributed by atoms with van der Waals surface area (Å²) >= 11 is 0. The Balaban J connectivity index is 1.61. The van der Waals surface area contributed by atoms with Crippen LogP contribution in [0.25, 0.3) is 0 Å². The van der Waals surface area contributed by atoms with Gasteiger partial charge in [-0.05, 0) is 11.1 Å². The van der Waals surface area contributed by atoms with Gasteiger partial charge in [-0.3, -0.25) is 4.79 Å². The summed E-state index contributed by atoms with van der Waals surface area (Å²) in [6, 6.07) is 18.9. The Labute approximate surface area is 169 Å². The predicted octanol–water partition coefficient (Wildman–Crippen LogP) is 1.80. The molecule has 0 radical (unpaired) electrons. The van der Waals surface area contributed by atoms with Gasteiger partial charge in [0.2, 0.25) is 0 Å². The van der Waals surface area contributed by atoms with Crippen molar-refractivity contribution >= 4 is 5.97 Å². The molecular formula is C22H26O7. The van der Waals surface area contributed by atoms with Gasteiger partial charge in [0.15, 0.2) is 12.4 Å². The van der Waals surface area contributed by atoms with Gasteiger partial charge in [-0.25, -0.2) is 0 Å². The first-order valence-corrected chi connectivity index (χ1v) is 9.50. The summed E-state index contributed by atoms with van der Waals surface area (Å²) in [6.45, 7) is 1.78. The monoisotopic (exact) mass is 402 g/mol. The summed E-state index contributed by atoms with van der Waals surface area (Å²) in [7, 11) is 0. The quantitative estimate of drug-likeness (QED) is 0.650. The summed E-state index contributed by atoms with van der Waals surface area (Å²) in [5.41, 5.74) is 1.85. The number of aliphatic hydroxyl groups excluding tert-OH is 2. The summed E-state index contributed by atoms with van der Waals surface area (Å²) in [4.78, 5) is 11.5. The molecule has 1 aliphatic heterocycles. The second-order valence-electron chi connectivity index (χ2n) is 6.89. The van der Waals surface area contributed by atoms with E-state index >= 15 is 0 Å². The maximum Gasteiger partial charge on any atom is 0.303 e. The molecule has 7 heteroatoms. The zero-order valence-electron chi connectivity index (χ0n) is 16.2. The maximum atomic E-state index is 11.5. The van der Waals surface area contributed by atoms with E-state index < -0.39 is 36.7 Å². The van der Waals surface area contributed by atoms with Crippen LogP contribution in [0.5, 0.6) is 0 Å². The molecule has 0 saturated carbocycles. The second-order valence-corrected chi connectivity index (χ2v) is 6.89. The third-order valence-electron chi connectivity index (χ3n) is 4.62. The maximum absolute atomic E-state index is 11.5. The summed E-state index contributed by atoms with van der Waals surface area (Å²) in [5.74, 6) is -0.566. The lowest BCUT2D eigenvalue weighted by Crippen LogP contribution is -2.60. The van der Waals surface area contributed by atoms with Crippen LogP contribution in [0.4, 0.5) is 0 Å². The van der Waals surface area contributed by atoms with Crippen LogP contribution in [0.15, 0.2) is 60.7 Å². The van der Waals surface area contributed by atoms with E-state index in [2.05, 4.69) is 0 Å². The van der Waals surface area contributed by atoms with E-state index in [9.17, 15) is 15.0 Å². The lowest BCUT2D eigenvalue weighted by atomic mass is 9.98. The van der Waals surface area contributed by atoms with Crippen molar-refractivity contribution in [3.8, 4) is 0 Å². The Hall–Kier alpha value is -2.29. The average Bonchev–Trinajstić information content (AvgIpc) is 2.72. The van der Waals surface area contributed by atoms with Crippen LogP contribution in [-0.2, 0) is 37.0 Å². The van der Waals surface area contributed by atoms with Crippen LogP contribution in [0.1, 0.15) is 18.1 Å². The van der Waals surface area contributed by atoms with Gasteiger partial charge in [0.25, 0.3) is 0 Å². The van der Waals surface area contributed by atoms with Crippen molar-refractivity contribution in [1.82, 2.24) is 0 Å². The smallest absolute Gasteiger partial charge is 0.303 e. The van der Waals surface area contributed by atoms with Gasteiger partial charge in [-0.1, -0.05) is 60.7 Å². The Kier molecular flexibility index (Phi) is 7.74. The number of ether oxygens (including phenoxy) is 4. The Morgan fingerprint density at radius 2 is 1.52 bits per heavy atom. The molecule has 0 unspecified atom stereocenters. The molecule has 0 spiro atoms. The molecule has 1 aliphatic rings. The van der Waals surface area contributed by atoms with Crippen LogP contribution in [0, 0.1) is 0 Å². The number of carbonyl (C=O) groups excluding carboxylic acids is 1. The fourth-order valence-corrected chi connectivity index (χ4v) is 3.20. The molecule has 0 aromatic heterocycles. The van der Waals surface area contributed by atoms with Gasteiger partial charge >= 0.3 is 5.97 Å². The van der Waals surface area contributed by atoms with Gasteiger partial charge in [0.1, 0.15) is 18.3 Å². The van der Waals surface area contributed by atoms with E-state index in [1.807, 2.05) is 60.7 Å². The van der Waals surface area contributed by atoms with E-state index in [4.69, 9.17) is 18.9 Å². The molecule has 1 heterocycles. The molecule has 2 aromatic carbocycles. The lowest BCUT2D eigenvalue weighted by molar-refractivity contribution is -0.302. The molecule has 2 N–H and O–H groups in total. The Morgan fingerprint density at radius 3 is 2.10 bits per heavy atom. The van der Waals surface area contributed by atoms with Gasteiger partial charge in [-0.2, -0.15) is 0 Å². The summed E-state index contributed by atoms with van der Waals surface area (Å²) < 4.78 is 22.2. The van der Waals surface area contributed by atoms with Crippen molar-refractivity contribution < 1.29 is 34.0 Å². The third-order valence-corrected chi connectivity index (χ3v) is 4.62. The molecular weight excluding hydrogens is 376 g/mol. The molecule has 0 amide bonds. The number of hydrogen-bond donors (Lipinski definition) is 2. The first kappa shape index (κ1) is 21.4. The molecule has 3 rings (SSSR count). The first-order chi connectivity index (χ1) is 14.0. The van der Waals surface area contributed by atoms with Crippen LogP contribution in [-0.4, -0.2) is 53.5 Å². The standard InChI is InChI=1S/C22H26O7/c1-15(23)28-20-18(14-26-12-16-8-4-2-5-9-16)29-22(25)21(19(20)24)27-13-17-10-6-3-7-11-17/h2-11,18-22,24-25H,12-14H2,1H3/t18-,19+,20-,21-,22-/m1/s1. The van der Waals surface area contributed by atoms with Crippen LogP contribution in [0.3, 0.4) is 0 Å². The Morgan fingerprint density at radius 1 is 0.931 bits per heavy atom. The fourth-order valence-electron chi connectivity index (χ4n) is 3.20. The van der Waals surface area contributed by atoms with Crippen molar-refractivity contribution in [3.05, 3.63) is 71.8 Å². The Bertz CT molecular complexity index is 750. The number of benzene rings is 2. The molecule has 1 fully saturated rings. The SMILES string of the molecule is CC(=O)O[C@H]1[C@H](O)[C@@H](OCc2ccccc2)[C@H](O)O[C@@H]1COCc1ccccc1. The number of rotatable bonds is 8. The van der Waals surface area contributed by atoms with E-state index in [-0.39, 0.29) is 13.2 Å². The van der Waals surface area contributed by atoms with Crippen LogP contribution in [0.2, 0.25) is 0 Å². The van der Waals surface area contributed by atoms with Crippen molar-refractivity contribution in [2.45, 2.75) is 50.8 Å². The fraction of sp³-hybridized carbons (Fsp3) is 0.409. The number of hydrogen-bond acceptors (Lipinski definition) is 7. The van der Waals surface area contributed by atoms with Gasteiger partial charge in [0.05, 0.1) is 19.8 Å². The molecule has 0 aliphatic carbocycles. The first-order valence-electron chi connectivity index (χ1n) is 9.50. The van der Waals surface area contributed by atoms with Crippen molar-refractivity contribution in [2.75, 3.05) is 6.61 Å². The molecule has 156 valence electrons. The van der Waals surface area contributed by atoms with Gasteiger partial charge in [0, 0.05) is 6.92 Å². The highest BCUT2D eigenvalue weighted by molar-refractivity contribution is 5.66. The number of aliphatic hydroxyl groups is 2. The zero-order valence-corrected chi connectivity index (χ0v) is 16.2. The third kappa shape index (κ3) is 6.09. The molecule has 7 nitrogen and oxygen atoms in total. The average molecular weight is 402 g/mol. The summed E-state index contributed by atoms with van der Waals surface area (Å²) in [5, 5.41) is 21.1. The predicted molar refractivity (Wildman–Crippen MR) is 104 cm³/mol. The number of carbonyl (C=O) groups is 1. The van der Waals surface area contributed by atoms with Crippen molar-refractivity contribution in [2.24, 2.45) is 0 Å². The van der Waals surface area contributed by atoms with Gasteiger partial charge < -0.3 is 29.2 Å². The molecule has 5 atom stereocenters. The highest BCUT2D eigenvalue weighted by atomic mass is 16.7. The van der Waals surface area contributed by atoms with E-state index in [0.29, 0.717) is 6.61 Å². The normalized spacial score (nSPS) is 26.8. The van der Waals surface area contributed by atoms with E-state index in [0.717, 1.165) is 11.1 Å².